The first-order chi connectivity index (χ1) is 10.3. The fourth-order valence-corrected chi connectivity index (χ4v) is 4.84. The molecule has 0 aliphatic heterocycles. The Kier molecular flexibility index (Phi) is 5.21. The minimum atomic E-state index is -3.52. The molecule has 2 aromatic rings. The molecule has 0 radical (unpaired) electrons. The van der Waals surface area contributed by atoms with Crippen molar-refractivity contribution in [3.63, 3.8) is 0 Å². The summed E-state index contributed by atoms with van der Waals surface area (Å²) in [5, 5.41) is 1.82. The second-order valence-electron chi connectivity index (χ2n) is 4.69. The van der Waals surface area contributed by atoms with Crippen LogP contribution in [0.15, 0.2) is 60.7 Å². The molecule has 0 aliphatic rings. The molecular formula is C17H16CrO3. The molecule has 1 atom stereocenters. The fourth-order valence-electron chi connectivity index (χ4n) is 2.26. The van der Waals surface area contributed by atoms with Crippen LogP contribution in [0.5, 0.6) is 0 Å². The third-order valence-corrected chi connectivity index (χ3v) is 7.21. The maximum atomic E-state index is 11.5. The Morgan fingerprint density at radius 2 is 1.24 bits per heavy atom. The van der Waals surface area contributed by atoms with Gasteiger partial charge < -0.3 is 0 Å². The normalized spacial score (nSPS) is 13.1. The molecule has 0 aliphatic carbocycles. The molecule has 108 valence electrons. The summed E-state index contributed by atoms with van der Waals surface area (Å²) in [6.45, 7) is 0. The number of carbonyl (C=O) groups excluding carboxylic acids is 3. The van der Waals surface area contributed by atoms with Crippen LogP contribution < -0.4 is 0 Å². The van der Waals surface area contributed by atoms with E-state index in [1.165, 1.54) is 0 Å². The standard InChI is InChI=1S/C14H13.3CHO.Cr/c1-3-7-13(8-4-1)11-12-14-9-5-2-6-10-14;3*1-2;/h1-11H,12H2;3*1H;. The summed E-state index contributed by atoms with van der Waals surface area (Å²) in [5.74, 6) is 0. The molecule has 21 heavy (non-hydrogen) atoms. The number of benzene rings is 2. The monoisotopic (exact) mass is 320 g/mol. The molecule has 2 rings (SSSR count). The number of hydrogen-bond donors (Lipinski definition) is 0. The van der Waals surface area contributed by atoms with Crippen molar-refractivity contribution < 1.29 is 27.5 Å². The third-order valence-electron chi connectivity index (χ3n) is 3.43. The van der Waals surface area contributed by atoms with Gasteiger partial charge in [-0.05, 0) is 0 Å². The average Bonchev–Trinajstić information content (AvgIpc) is 2.57. The van der Waals surface area contributed by atoms with E-state index in [4.69, 9.17) is 0 Å². The van der Waals surface area contributed by atoms with Crippen molar-refractivity contribution in [1.29, 1.82) is 0 Å². The van der Waals surface area contributed by atoms with E-state index in [2.05, 4.69) is 0 Å². The summed E-state index contributed by atoms with van der Waals surface area (Å²) >= 11 is -3.52. The summed E-state index contributed by atoms with van der Waals surface area (Å²) in [6.07, 6.45) is 0.515. The molecular weight excluding hydrogens is 304 g/mol. The van der Waals surface area contributed by atoms with Crippen LogP contribution in [0.2, 0.25) is 0 Å². The summed E-state index contributed by atoms with van der Waals surface area (Å²) < 4.78 is -0.350. The van der Waals surface area contributed by atoms with E-state index in [0.717, 1.165) is 11.1 Å². The Hall–Kier alpha value is -2.02. The summed E-state index contributed by atoms with van der Waals surface area (Å²) in [4.78, 5) is 34.5. The van der Waals surface area contributed by atoms with Crippen LogP contribution in [0.25, 0.3) is 0 Å². The Bertz CT molecular complexity index is 589. The zero-order valence-corrected chi connectivity index (χ0v) is 12.7. The molecule has 0 bridgehead atoms. The Morgan fingerprint density at radius 3 is 1.71 bits per heavy atom. The van der Waals surface area contributed by atoms with E-state index in [1.807, 2.05) is 60.7 Å². The van der Waals surface area contributed by atoms with Crippen LogP contribution >= 0.6 is 0 Å². The number of rotatable bonds is 7. The summed E-state index contributed by atoms with van der Waals surface area (Å²) in [6, 6.07) is 18.9. The van der Waals surface area contributed by atoms with Crippen LogP contribution in [-0.4, -0.2) is 15.4 Å². The van der Waals surface area contributed by atoms with E-state index in [0.29, 0.717) is 21.9 Å². The first kappa shape index (κ1) is 15.4. The van der Waals surface area contributed by atoms with E-state index in [1.54, 1.807) is 0 Å². The average molecular weight is 320 g/mol. The minimum absolute atomic E-state index is 0.350. The van der Waals surface area contributed by atoms with Gasteiger partial charge in [-0.15, -0.1) is 0 Å². The predicted molar refractivity (Wildman–Crippen MR) is 79.6 cm³/mol. The zero-order valence-electron chi connectivity index (χ0n) is 11.4. The van der Waals surface area contributed by atoms with Gasteiger partial charge in [-0.2, -0.15) is 0 Å². The van der Waals surface area contributed by atoms with E-state index in [9.17, 15) is 14.4 Å². The molecule has 0 heterocycles. The molecule has 2 aromatic carbocycles. The Morgan fingerprint density at radius 1 is 0.762 bits per heavy atom. The van der Waals surface area contributed by atoms with Crippen LogP contribution in [-0.2, 0) is 33.9 Å². The van der Waals surface area contributed by atoms with Gasteiger partial charge in [0, 0.05) is 0 Å². The number of carbonyl (C=O) groups is 3. The second-order valence-corrected chi connectivity index (χ2v) is 9.03. The molecule has 4 heteroatoms. The van der Waals surface area contributed by atoms with Gasteiger partial charge in [0.25, 0.3) is 0 Å². The molecule has 0 fully saturated rings. The van der Waals surface area contributed by atoms with Crippen LogP contribution in [0.1, 0.15) is 15.9 Å². The van der Waals surface area contributed by atoms with E-state index < -0.39 is 13.1 Å². The van der Waals surface area contributed by atoms with Gasteiger partial charge in [0.05, 0.1) is 0 Å². The summed E-state index contributed by atoms with van der Waals surface area (Å²) in [7, 11) is 0. The molecule has 3 nitrogen and oxygen atoms in total. The molecule has 1 unspecified atom stereocenters. The second kappa shape index (κ2) is 7.12. The molecule has 0 saturated carbocycles. The van der Waals surface area contributed by atoms with Gasteiger partial charge in [0.15, 0.2) is 0 Å². The molecule has 0 aromatic heterocycles. The predicted octanol–water partition coefficient (Wildman–Crippen LogP) is 2.69. The fraction of sp³-hybridized carbons (Fsp3) is 0.118. The Labute approximate surface area is 126 Å². The van der Waals surface area contributed by atoms with Crippen molar-refractivity contribution in [1.82, 2.24) is 0 Å². The van der Waals surface area contributed by atoms with Crippen LogP contribution in [0.4, 0.5) is 0 Å². The van der Waals surface area contributed by atoms with Crippen molar-refractivity contribution in [2.75, 3.05) is 0 Å². The SMILES string of the molecule is O=[CH][Cr]([CH]=O)([CH]=O)[CH](Cc1ccccc1)c1ccccc1. The van der Waals surface area contributed by atoms with Crippen molar-refractivity contribution in [3.05, 3.63) is 71.8 Å². The van der Waals surface area contributed by atoms with Gasteiger partial charge >= 0.3 is 126 Å². The first-order valence-corrected chi connectivity index (χ1v) is 9.47. The van der Waals surface area contributed by atoms with Gasteiger partial charge in [-0.3, -0.25) is 0 Å². The van der Waals surface area contributed by atoms with Crippen molar-refractivity contribution >= 4 is 15.4 Å². The number of hydrogen-bond acceptors (Lipinski definition) is 3. The van der Waals surface area contributed by atoms with Crippen molar-refractivity contribution in [2.24, 2.45) is 0 Å². The van der Waals surface area contributed by atoms with Crippen molar-refractivity contribution in [3.8, 4) is 0 Å². The van der Waals surface area contributed by atoms with Gasteiger partial charge in [0.2, 0.25) is 0 Å². The molecule has 0 N–H and O–H groups in total. The summed E-state index contributed by atoms with van der Waals surface area (Å²) in [5.41, 5.74) is 1.88. The first-order valence-electron chi connectivity index (χ1n) is 6.52. The zero-order chi connectivity index (χ0) is 15.1. The third kappa shape index (κ3) is 3.36. The van der Waals surface area contributed by atoms with Gasteiger partial charge in [-0.25, -0.2) is 0 Å². The topological polar surface area (TPSA) is 51.2 Å². The van der Waals surface area contributed by atoms with Crippen molar-refractivity contribution in [2.45, 2.75) is 11.2 Å². The van der Waals surface area contributed by atoms with E-state index >= 15 is 0 Å². The molecule has 0 amide bonds. The molecule has 0 saturated heterocycles. The van der Waals surface area contributed by atoms with Crippen LogP contribution in [0, 0.1) is 0 Å². The molecule has 0 spiro atoms. The quantitative estimate of drug-likeness (QED) is 0.737. The Balaban J connectivity index is 2.46. The van der Waals surface area contributed by atoms with Gasteiger partial charge in [0.1, 0.15) is 0 Å². The van der Waals surface area contributed by atoms with Crippen LogP contribution in [0.3, 0.4) is 0 Å². The van der Waals surface area contributed by atoms with Gasteiger partial charge in [-0.1, -0.05) is 0 Å². The van der Waals surface area contributed by atoms with E-state index in [-0.39, 0.29) is 4.78 Å². The maximum absolute atomic E-state index is 11.5.